The molecule has 1 saturated heterocycles. The molecule has 0 aliphatic carbocycles. The maximum absolute atomic E-state index is 12.4. The summed E-state index contributed by atoms with van der Waals surface area (Å²) in [5.41, 5.74) is 7.22. The van der Waals surface area contributed by atoms with E-state index >= 15 is 0 Å². The first kappa shape index (κ1) is 16.5. The number of likely N-dealkylation sites (N-methyl/N-ethyl adjacent to an activating group) is 1. The number of amides is 2. The van der Waals surface area contributed by atoms with Gasteiger partial charge in [0.1, 0.15) is 5.76 Å². The van der Waals surface area contributed by atoms with Gasteiger partial charge >= 0.3 is 0 Å². The minimum absolute atomic E-state index is 0.0280. The van der Waals surface area contributed by atoms with Crippen LogP contribution in [0.4, 0.5) is 0 Å². The Kier molecular flexibility index (Phi) is 5.18. The molecule has 2 heterocycles. The largest absolute Gasteiger partial charge is 0.369 e. The molecule has 1 unspecified atom stereocenters. The number of likely N-dealkylation sites (tertiary alicyclic amines) is 1. The summed E-state index contributed by atoms with van der Waals surface area (Å²) in [4.78, 5) is 27.3. The summed E-state index contributed by atoms with van der Waals surface area (Å²) < 4.78 is 5.13. The number of carbonyl (C=O) groups excluding carboxylic acids is 2. The lowest BCUT2D eigenvalue weighted by atomic mass is 9.97. The minimum Gasteiger partial charge on any atom is -0.369 e. The first-order valence-corrected chi connectivity index (χ1v) is 7.56. The van der Waals surface area contributed by atoms with E-state index < -0.39 is 0 Å². The number of rotatable bonds is 5. The predicted molar refractivity (Wildman–Crippen MR) is 80.8 cm³/mol. The van der Waals surface area contributed by atoms with Gasteiger partial charge in [0.15, 0.2) is 0 Å². The van der Waals surface area contributed by atoms with Crippen LogP contribution in [0.2, 0.25) is 0 Å². The van der Waals surface area contributed by atoms with E-state index in [1.807, 2.05) is 25.8 Å². The molecular formula is C15H24N4O3. The Morgan fingerprint density at radius 2 is 2.18 bits per heavy atom. The fourth-order valence-electron chi connectivity index (χ4n) is 2.82. The molecule has 122 valence electrons. The summed E-state index contributed by atoms with van der Waals surface area (Å²) in [6.45, 7) is 5.81. The van der Waals surface area contributed by atoms with E-state index in [0.717, 1.165) is 29.9 Å². The van der Waals surface area contributed by atoms with Gasteiger partial charge < -0.3 is 15.2 Å². The van der Waals surface area contributed by atoms with Gasteiger partial charge in [-0.15, -0.1) is 0 Å². The smallest absolute Gasteiger partial charge is 0.236 e. The van der Waals surface area contributed by atoms with Gasteiger partial charge in [0.05, 0.1) is 18.2 Å². The van der Waals surface area contributed by atoms with Crippen molar-refractivity contribution in [3.63, 3.8) is 0 Å². The lowest BCUT2D eigenvalue weighted by molar-refractivity contribution is -0.135. The number of nitrogens with two attached hydrogens (primary N) is 1. The standard InChI is InChI=1S/C15H24N4O3/c1-10-13(11(2)22-17-10)8-18(3)9-14(20)19-6-4-5-12(7-19)15(16)21/h12H,4-9H2,1-3H3,(H2,16,21). The van der Waals surface area contributed by atoms with E-state index in [4.69, 9.17) is 10.3 Å². The van der Waals surface area contributed by atoms with Crippen LogP contribution in [0.25, 0.3) is 0 Å². The molecule has 1 aliphatic rings. The monoisotopic (exact) mass is 308 g/mol. The zero-order chi connectivity index (χ0) is 16.3. The second kappa shape index (κ2) is 6.91. The third-order valence-corrected chi connectivity index (χ3v) is 4.19. The van der Waals surface area contributed by atoms with Crippen molar-refractivity contribution in [2.75, 3.05) is 26.7 Å². The van der Waals surface area contributed by atoms with Crippen LogP contribution in [0.15, 0.2) is 4.52 Å². The highest BCUT2D eigenvalue weighted by Gasteiger charge is 2.27. The highest BCUT2D eigenvalue weighted by Crippen LogP contribution is 2.17. The Hall–Kier alpha value is -1.89. The highest BCUT2D eigenvalue weighted by atomic mass is 16.5. The lowest BCUT2D eigenvalue weighted by Gasteiger charge is -2.32. The van der Waals surface area contributed by atoms with E-state index in [0.29, 0.717) is 26.2 Å². The maximum Gasteiger partial charge on any atom is 0.236 e. The molecule has 1 fully saturated rings. The third kappa shape index (κ3) is 3.85. The van der Waals surface area contributed by atoms with Crippen molar-refractivity contribution in [3.05, 3.63) is 17.0 Å². The molecule has 0 spiro atoms. The molecule has 7 heteroatoms. The number of piperidine rings is 1. The number of aromatic nitrogens is 1. The van der Waals surface area contributed by atoms with Crippen LogP contribution in [-0.2, 0) is 16.1 Å². The summed E-state index contributed by atoms with van der Waals surface area (Å²) >= 11 is 0. The van der Waals surface area contributed by atoms with Crippen LogP contribution in [0.3, 0.4) is 0 Å². The van der Waals surface area contributed by atoms with Gasteiger partial charge in [-0.2, -0.15) is 0 Å². The van der Waals surface area contributed by atoms with Gasteiger partial charge in [0.2, 0.25) is 11.8 Å². The second-order valence-corrected chi connectivity index (χ2v) is 6.06. The average Bonchev–Trinajstić information content (AvgIpc) is 2.79. The second-order valence-electron chi connectivity index (χ2n) is 6.06. The predicted octanol–water partition coefficient (Wildman–Crippen LogP) is 0.447. The molecule has 1 aliphatic heterocycles. The summed E-state index contributed by atoms with van der Waals surface area (Å²) in [5.74, 6) is 0.274. The lowest BCUT2D eigenvalue weighted by Crippen LogP contribution is -2.47. The van der Waals surface area contributed by atoms with Crippen LogP contribution in [0.1, 0.15) is 29.9 Å². The molecule has 0 radical (unpaired) electrons. The van der Waals surface area contributed by atoms with E-state index in [-0.39, 0.29) is 17.7 Å². The molecule has 2 amide bonds. The van der Waals surface area contributed by atoms with E-state index in [2.05, 4.69) is 5.16 Å². The fraction of sp³-hybridized carbons (Fsp3) is 0.667. The van der Waals surface area contributed by atoms with Gasteiger partial charge in [-0.05, 0) is 33.7 Å². The number of nitrogens with zero attached hydrogens (tertiary/aromatic N) is 3. The van der Waals surface area contributed by atoms with Crippen molar-refractivity contribution < 1.29 is 14.1 Å². The number of aryl methyl sites for hydroxylation is 2. The van der Waals surface area contributed by atoms with Crippen molar-refractivity contribution >= 4 is 11.8 Å². The number of carbonyl (C=O) groups is 2. The third-order valence-electron chi connectivity index (χ3n) is 4.19. The van der Waals surface area contributed by atoms with Crippen molar-refractivity contribution in [1.82, 2.24) is 15.0 Å². The molecule has 2 rings (SSSR count). The number of primary amides is 1. The molecule has 0 bridgehead atoms. The normalized spacial score (nSPS) is 18.7. The van der Waals surface area contributed by atoms with Gasteiger partial charge in [-0.3, -0.25) is 14.5 Å². The fourth-order valence-corrected chi connectivity index (χ4v) is 2.82. The summed E-state index contributed by atoms with van der Waals surface area (Å²) in [6.07, 6.45) is 1.60. The Morgan fingerprint density at radius 3 is 2.77 bits per heavy atom. The van der Waals surface area contributed by atoms with Crippen molar-refractivity contribution in [2.45, 2.75) is 33.2 Å². The van der Waals surface area contributed by atoms with Gasteiger partial charge in [0.25, 0.3) is 0 Å². The number of hydrogen-bond donors (Lipinski definition) is 1. The molecule has 1 atom stereocenters. The van der Waals surface area contributed by atoms with E-state index in [1.54, 1.807) is 4.90 Å². The molecule has 22 heavy (non-hydrogen) atoms. The summed E-state index contributed by atoms with van der Waals surface area (Å²) in [7, 11) is 1.89. The van der Waals surface area contributed by atoms with Crippen LogP contribution < -0.4 is 5.73 Å². The maximum atomic E-state index is 12.4. The molecule has 1 aromatic heterocycles. The average molecular weight is 308 g/mol. The molecule has 0 aromatic carbocycles. The topological polar surface area (TPSA) is 92.7 Å². The first-order chi connectivity index (χ1) is 10.4. The van der Waals surface area contributed by atoms with Crippen molar-refractivity contribution in [2.24, 2.45) is 11.7 Å². The Bertz CT molecular complexity index is 535. The van der Waals surface area contributed by atoms with Crippen molar-refractivity contribution in [1.29, 1.82) is 0 Å². The van der Waals surface area contributed by atoms with E-state index in [1.165, 1.54) is 0 Å². The minimum atomic E-state index is -0.318. The molecule has 2 N–H and O–H groups in total. The Morgan fingerprint density at radius 1 is 1.45 bits per heavy atom. The van der Waals surface area contributed by atoms with Crippen LogP contribution >= 0.6 is 0 Å². The van der Waals surface area contributed by atoms with Crippen LogP contribution in [0, 0.1) is 19.8 Å². The first-order valence-electron chi connectivity index (χ1n) is 7.56. The summed E-state index contributed by atoms with van der Waals surface area (Å²) in [6, 6.07) is 0. The Balaban J connectivity index is 1.89. The number of hydrogen-bond acceptors (Lipinski definition) is 5. The van der Waals surface area contributed by atoms with E-state index in [9.17, 15) is 9.59 Å². The van der Waals surface area contributed by atoms with Crippen molar-refractivity contribution in [3.8, 4) is 0 Å². The Labute approximate surface area is 130 Å². The SMILES string of the molecule is Cc1noc(C)c1CN(C)CC(=O)N1CCCC(C(N)=O)C1. The van der Waals surface area contributed by atoms with Crippen LogP contribution in [-0.4, -0.2) is 53.5 Å². The zero-order valence-corrected chi connectivity index (χ0v) is 13.5. The van der Waals surface area contributed by atoms with Gasteiger partial charge in [-0.25, -0.2) is 0 Å². The highest BCUT2D eigenvalue weighted by molar-refractivity contribution is 5.81. The quantitative estimate of drug-likeness (QED) is 0.852. The summed E-state index contributed by atoms with van der Waals surface area (Å²) in [5, 5.41) is 3.92. The molecular weight excluding hydrogens is 284 g/mol. The van der Waals surface area contributed by atoms with Gasteiger partial charge in [0, 0.05) is 25.2 Å². The molecule has 7 nitrogen and oxygen atoms in total. The van der Waals surface area contributed by atoms with Crippen LogP contribution in [0.5, 0.6) is 0 Å². The zero-order valence-electron chi connectivity index (χ0n) is 13.5. The van der Waals surface area contributed by atoms with Gasteiger partial charge in [-0.1, -0.05) is 5.16 Å². The molecule has 0 saturated carbocycles. The molecule has 1 aromatic rings.